The van der Waals surface area contributed by atoms with E-state index in [1.54, 1.807) is 12.0 Å². The molecular formula is C25H26N6O4S. The fourth-order valence-electron chi connectivity index (χ4n) is 4.74. The molecule has 0 aliphatic carbocycles. The lowest BCUT2D eigenvalue weighted by Gasteiger charge is -2.41. The first-order chi connectivity index (χ1) is 17.6. The van der Waals surface area contributed by atoms with Crippen LogP contribution in [0.25, 0.3) is 11.0 Å². The largest absolute Gasteiger partial charge is 0.481 e. The molecule has 2 saturated heterocycles. The van der Waals surface area contributed by atoms with Crippen LogP contribution in [0.15, 0.2) is 47.5 Å². The smallest absolute Gasteiger partial charge is 0.414 e. The fourth-order valence-corrected chi connectivity index (χ4v) is 5.53. The van der Waals surface area contributed by atoms with E-state index in [4.69, 9.17) is 9.47 Å². The first-order valence-electron chi connectivity index (χ1n) is 11.9. The van der Waals surface area contributed by atoms with E-state index in [-0.39, 0.29) is 18.1 Å². The highest BCUT2D eigenvalue weighted by atomic mass is 32.2. The third kappa shape index (κ3) is 4.40. The van der Waals surface area contributed by atoms with Gasteiger partial charge in [-0.25, -0.2) is 9.78 Å². The van der Waals surface area contributed by atoms with Crippen LogP contribution in [-0.4, -0.2) is 73.2 Å². The predicted molar refractivity (Wildman–Crippen MR) is 138 cm³/mol. The van der Waals surface area contributed by atoms with Crippen molar-refractivity contribution in [2.45, 2.75) is 23.5 Å². The predicted octanol–water partition coefficient (Wildman–Crippen LogP) is 2.88. The number of pyridine rings is 2. The number of aromatic nitrogens is 2. The van der Waals surface area contributed by atoms with Crippen LogP contribution in [0.4, 0.5) is 21.9 Å². The Kier molecular flexibility index (Phi) is 6.02. The minimum atomic E-state index is -0.350. The lowest BCUT2D eigenvalue weighted by atomic mass is 10.1. The highest BCUT2D eigenvalue weighted by Gasteiger charge is 2.34. The number of carbonyl (C=O) groups excluding carboxylic acids is 2. The van der Waals surface area contributed by atoms with Gasteiger partial charge in [-0.2, -0.15) is 0 Å². The minimum Gasteiger partial charge on any atom is -0.481 e. The zero-order chi connectivity index (χ0) is 24.6. The number of ether oxygens (including phenoxy) is 2. The number of benzene rings is 1. The second-order valence-corrected chi connectivity index (χ2v) is 10.0. The number of nitrogens with zero attached hydrogens (tertiary/aromatic N) is 4. The Morgan fingerprint density at radius 2 is 2.08 bits per heavy atom. The Morgan fingerprint density at radius 3 is 2.94 bits per heavy atom. The third-order valence-electron chi connectivity index (χ3n) is 6.65. The van der Waals surface area contributed by atoms with E-state index in [2.05, 4.69) is 25.5 Å². The Hall–Kier alpha value is -3.57. The van der Waals surface area contributed by atoms with Gasteiger partial charge in [-0.15, -0.1) is 11.8 Å². The maximum absolute atomic E-state index is 12.5. The number of amides is 2. The molecule has 3 aliphatic rings. The summed E-state index contributed by atoms with van der Waals surface area (Å²) >= 11 is 1.50. The van der Waals surface area contributed by atoms with Crippen molar-refractivity contribution in [3.8, 4) is 5.88 Å². The van der Waals surface area contributed by atoms with Crippen LogP contribution in [0.3, 0.4) is 0 Å². The Balaban J connectivity index is 1.00. The molecular weight excluding hydrogens is 480 g/mol. The number of nitrogens with one attached hydrogen (secondary N) is 2. The van der Waals surface area contributed by atoms with Crippen LogP contribution < -0.4 is 25.2 Å². The Bertz CT molecular complexity index is 1330. The molecule has 0 bridgehead atoms. The van der Waals surface area contributed by atoms with Crippen molar-refractivity contribution in [1.29, 1.82) is 0 Å². The molecule has 0 saturated carbocycles. The van der Waals surface area contributed by atoms with Crippen molar-refractivity contribution in [3.63, 3.8) is 0 Å². The third-order valence-corrected chi connectivity index (χ3v) is 7.72. The van der Waals surface area contributed by atoms with Crippen molar-refractivity contribution in [2.24, 2.45) is 0 Å². The van der Waals surface area contributed by atoms with Crippen molar-refractivity contribution in [3.05, 3.63) is 42.6 Å². The van der Waals surface area contributed by atoms with Crippen molar-refractivity contribution >= 4 is 51.9 Å². The standard InChI is InChI=1S/C25H26N6O4S/c1-34-23-5-3-18-24(29-23)20(7-9-27-18)30-11-15(12-30)26-8-6-17-13-31(25(33)35-17)16-2-4-21-19(10-16)28-22(32)14-36-21/h2-5,7,9-10,15,17,26H,6,8,11-14H2,1H3,(H,28,32)/t17-/m0/s1. The summed E-state index contributed by atoms with van der Waals surface area (Å²) in [5, 5.41) is 6.44. The molecule has 0 radical (unpaired) electrons. The van der Waals surface area contributed by atoms with E-state index in [1.807, 2.05) is 42.6 Å². The van der Waals surface area contributed by atoms with Gasteiger partial charge in [0.15, 0.2) is 0 Å². The number of cyclic esters (lactones) is 1. The number of rotatable bonds is 7. The molecule has 3 aliphatic heterocycles. The maximum atomic E-state index is 12.5. The Morgan fingerprint density at radius 1 is 1.19 bits per heavy atom. The molecule has 10 nitrogen and oxygen atoms in total. The molecule has 1 atom stereocenters. The summed E-state index contributed by atoms with van der Waals surface area (Å²) in [4.78, 5) is 38.1. The highest BCUT2D eigenvalue weighted by molar-refractivity contribution is 8.00. The van der Waals surface area contributed by atoms with Crippen molar-refractivity contribution in [2.75, 3.05) is 54.2 Å². The molecule has 11 heteroatoms. The molecule has 1 aromatic carbocycles. The minimum absolute atomic E-state index is 0.0275. The summed E-state index contributed by atoms with van der Waals surface area (Å²) in [7, 11) is 1.61. The molecule has 2 aromatic heterocycles. The molecule has 5 heterocycles. The van der Waals surface area contributed by atoms with E-state index in [0.717, 1.165) is 59.0 Å². The van der Waals surface area contributed by atoms with Gasteiger partial charge >= 0.3 is 6.09 Å². The van der Waals surface area contributed by atoms with E-state index in [1.165, 1.54) is 11.8 Å². The lowest BCUT2D eigenvalue weighted by molar-refractivity contribution is -0.113. The van der Waals surface area contributed by atoms with Crippen LogP contribution in [0.5, 0.6) is 5.88 Å². The van der Waals surface area contributed by atoms with Crippen molar-refractivity contribution < 1.29 is 19.1 Å². The van der Waals surface area contributed by atoms with E-state index < -0.39 is 0 Å². The van der Waals surface area contributed by atoms with Gasteiger partial charge in [0.2, 0.25) is 11.8 Å². The van der Waals surface area contributed by atoms with Gasteiger partial charge in [-0.05, 0) is 43.3 Å². The molecule has 2 fully saturated rings. The number of anilines is 3. The normalized spacial score (nSPS) is 19.6. The molecule has 0 unspecified atom stereocenters. The van der Waals surface area contributed by atoms with Crippen LogP contribution in [-0.2, 0) is 9.53 Å². The molecule has 36 heavy (non-hydrogen) atoms. The lowest BCUT2D eigenvalue weighted by Crippen LogP contribution is -2.58. The molecule has 186 valence electrons. The average molecular weight is 507 g/mol. The zero-order valence-electron chi connectivity index (χ0n) is 19.8. The molecule has 2 amide bonds. The monoisotopic (exact) mass is 506 g/mol. The molecule has 6 rings (SSSR count). The number of fused-ring (bicyclic) bond motifs is 2. The number of methoxy groups -OCH3 is 1. The number of hydrogen-bond acceptors (Lipinski definition) is 9. The summed E-state index contributed by atoms with van der Waals surface area (Å²) in [6, 6.07) is 11.8. The summed E-state index contributed by atoms with van der Waals surface area (Å²) in [6.07, 6.45) is 2.01. The van der Waals surface area contributed by atoms with Crippen LogP contribution in [0.1, 0.15) is 6.42 Å². The average Bonchev–Trinajstić information content (AvgIpc) is 3.24. The van der Waals surface area contributed by atoms with Gasteiger partial charge in [-0.1, -0.05) is 0 Å². The molecule has 0 spiro atoms. The van der Waals surface area contributed by atoms with Gasteiger partial charge in [0, 0.05) is 42.0 Å². The van der Waals surface area contributed by atoms with Gasteiger partial charge in [0.05, 0.1) is 36.3 Å². The first kappa shape index (κ1) is 22.9. The number of carbonyl (C=O) groups is 2. The topological polar surface area (TPSA) is 109 Å². The van der Waals surface area contributed by atoms with Crippen molar-refractivity contribution in [1.82, 2.24) is 15.3 Å². The van der Waals surface area contributed by atoms with Crippen LogP contribution in [0.2, 0.25) is 0 Å². The number of thioether (sulfide) groups is 1. The molecule has 3 aromatic rings. The first-order valence-corrected chi connectivity index (χ1v) is 12.9. The fraction of sp³-hybridized carbons (Fsp3) is 0.360. The van der Waals surface area contributed by atoms with Crippen LogP contribution in [0, 0.1) is 0 Å². The molecule has 2 N–H and O–H groups in total. The summed E-state index contributed by atoms with van der Waals surface area (Å²) in [5.74, 6) is 0.961. The highest BCUT2D eigenvalue weighted by Crippen LogP contribution is 2.35. The van der Waals surface area contributed by atoms with E-state index in [9.17, 15) is 9.59 Å². The summed E-state index contributed by atoms with van der Waals surface area (Å²) in [6.45, 7) is 2.99. The summed E-state index contributed by atoms with van der Waals surface area (Å²) in [5.41, 5.74) is 4.22. The zero-order valence-corrected chi connectivity index (χ0v) is 20.6. The Labute approximate surface area is 212 Å². The second kappa shape index (κ2) is 9.47. The van der Waals surface area contributed by atoms with Gasteiger partial charge in [0.1, 0.15) is 11.6 Å². The van der Waals surface area contributed by atoms with Gasteiger partial charge in [-0.3, -0.25) is 14.7 Å². The van der Waals surface area contributed by atoms with Gasteiger partial charge < -0.3 is 25.0 Å². The second-order valence-electron chi connectivity index (χ2n) is 9.03. The van der Waals surface area contributed by atoms with E-state index >= 15 is 0 Å². The quantitative estimate of drug-likeness (QED) is 0.500. The number of hydrogen-bond donors (Lipinski definition) is 2. The van der Waals surface area contributed by atoms with Crippen LogP contribution >= 0.6 is 11.8 Å². The van der Waals surface area contributed by atoms with E-state index in [0.29, 0.717) is 24.2 Å². The summed E-state index contributed by atoms with van der Waals surface area (Å²) < 4.78 is 10.9. The van der Waals surface area contributed by atoms with Gasteiger partial charge in [0.25, 0.3) is 0 Å². The maximum Gasteiger partial charge on any atom is 0.414 e. The SMILES string of the molecule is COc1ccc2nccc(N3CC(NCC[C@H]4CN(c5ccc6c(c5)NC(=O)CS6)C(=O)O4)C3)c2n1.